The normalized spacial score (nSPS) is 21.7. The molecule has 1 heteroatoms. The van der Waals surface area contributed by atoms with Gasteiger partial charge >= 0.3 is 0 Å². The fraction of sp³-hybridized carbons (Fsp3) is 0.708. The van der Waals surface area contributed by atoms with E-state index in [-0.39, 0.29) is 0 Å². The van der Waals surface area contributed by atoms with Crippen LogP contribution < -0.4 is 0 Å². The van der Waals surface area contributed by atoms with E-state index in [9.17, 15) is 4.79 Å². The first-order valence-corrected chi connectivity index (χ1v) is 10.9. The topological polar surface area (TPSA) is 17.1 Å². The number of hydrogen-bond acceptors (Lipinski definition) is 1. The van der Waals surface area contributed by atoms with Gasteiger partial charge in [-0.25, -0.2) is 0 Å². The zero-order valence-corrected chi connectivity index (χ0v) is 16.4. The van der Waals surface area contributed by atoms with Crippen molar-refractivity contribution in [3.63, 3.8) is 0 Å². The monoisotopic (exact) mass is 344 g/mol. The Morgan fingerprint density at radius 3 is 1.24 bits per heavy atom. The summed E-state index contributed by atoms with van der Waals surface area (Å²) in [6.45, 7) is 0. The van der Waals surface area contributed by atoms with Crippen molar-refractivity contribution in [1.82, 2.24) is 0 Å². The summed E-state index contributed by atoms with van der Waals surface area (Å²) < 4.78 is 0. The van der Waals surface area contributed by atoms with Gasteiger partial charge < -0.3 is 0 Å². The van der Waals surface area contributed by atoms with Gasteiger partial charge in [0.25, 0.3) is 0 Å². The number of rotatable bonds is 0. The molecule has 0 saturated heterocycles. The van der Waals surface area contributed by atoms with E-state index >= 15 is 0 Å². The lowest BCUT2D eigenvalue weighted by atomic mass is 10.0. The SMILES string of the molecule is C1=CC=CCCCCCCC=C1.O=C1CCCCCCCCCCC1. The molecule has 0 aliphatic heterocycles. The summed E-state index contributed by atoms with van der Waals surface area (Å²) in [5.41, 5.74) is 0. The van der Waals surface area contributed by atoms with Gasteiger partial charge in [0.2, 0.25) is 0 Å². The Labute approximate surface area is 156 Å². The minimum Gasteiger partial charge on any atom is -0.300 e. The third-order valence-corrected chi connectivity index (χ3v) is 5.01. The summed E-state index contributed by atoms with van der Waals surface area (Å²) in [7, 11) is 0. The summed E-state index contributed by atoms with van der Waals surface area (Å²) in [6, 6.07) is 0. The Bertz CT molecular complexity index is 355. The molecule has 25 heavy (non-hydrogen) atoms. The van der Waals surface area contributed by atoms with E-state index in [1.165, 1.54) is 83.5 Å². The van der Waals surface area contributed by atoms with E-state index in [4.69, 9.17) is 0 Å². The van der Waals surface area contributed by atoms with Crippen LogP contribution in [0.3, 0.4) is 0 Å². The first kappa shape index (κ1) is 21.9. The maximum Gasteiger partial charge on any atom is 0.132 e. The van der Waals surface area contributed by atoms with Gasteiger partial charge in [0.15, 0.2) is 0 Å². The van der Waals surface area contributed by atoms with E-state index in [0.717, 1.165) is 25.7 Å². The van der Waals surface area contributed by atoms with Gasteiger partial charge in [0.1, 0.15) is 5.78 Å². The van der Waals surface area contributed by atoms with Crippen LogP contribution in [-0.2, 0) is 4.79 Å². The van der Waals surface area contributed by atoms with Crippen molar-refractivity contribution in [3.05, 3.63) is 36.5 Å². The summed E-state index contributed by atoms with van der Waals surface area (Å²) >= 11 is 0. The predicted molar refractivity (Wildman–Crippen MR) is 111 cm³/mol. The van der Waals surface area contributed by atoms with Crippen molar-refractivity contribution in [3.8, 4) is 0 Å². The Hall–Kier alpha value is -1.11. The molecule has 0 bridgehead atoms. The van der Waals surface area contributed by atoms with Crippen molar-refractivity contribution in [1.29, 1.82) is 0 Å². The minimum atomic E-state index is 0.501. The number of hydrogen-bond donors (Lipinski definition) is 0. The molecule has 0 N–H and O–H groups in total. The van der Waals surface area contributed by atoms with Crippen molar-refractivity contribution >= 4 is 5.78 Å². The number of allylic oxidation sites excluding steroid dienone is 6. The molecule has 0 aromatic heterocycles. The maximum absolute atomic E-state index is 11.3. The maximum atomic E-state index is 11.3. The average Bonchev–Trinajstić information content (AvgIpc) is 2.59. The zero-order valence-electron chi connectivity index (χ0n) is 16.4. The van der Waals surface area contributed by atoms with Gasteiger partial charge in [-0.05, 0) is 38.5 Å². The highest BCUT2D eigenvalue weighted by atomic mass is 16.1. The number of Topliss-reactive ketones (excluding diaryl/α,β-unsaturated/α-hetero) is 1. The summed E-state index contributed by atoms with van der Waals surface area (Å²) in [5.74, 6) is 0.501. The molecule has 2 rings (SSSR count). The van der Waals surface area contributed by atoms with E-state index in [1.54, 1.807) is 0 Å². The Kier molecular flexibility index (Phi) is 15.5. The molecule has 0 atom stereocenters. The Balaban J connectivity index is 0.000000251. The average molecular weight is 345 g/mol. The third kappa shape index (κ3) is 16.1. The molecule has 1 saturated carbocycles. The van der Waals surface area contributed by atoms with Crippen LogP contribution in [0, 0.1) is 0 Å². The van der Waals surface area contributed by atoms with Crippen molar-refractivity contribution in [2.45, 2.75) is 109 Å². The number of ketones is 1. The van der Waals surface area contributed by atoms with Crippen molar-refractivity contribution < 1.29 is 4.79 Å². The lowest BCUT2D eigenvalue weighted by Gasteiger charge is -2.05. The molecule has 0 aromatic carbocycles. The van der Waals surface area contributed by atoms with Gasteiger partial charge in [-0.2, -0.15) is 0 Å². The van der Waals surface area contributed by atoms with Crippen LogP contribution in [0.5, 0.6) is 0 Å². The summed E-state index contributed by atoms with van der Waals surface area (Å²) in [5, 5.41) is 0. The van der Waals surface area contributed by atoms with Crippen LogP contribution in [0.25, 0.3) is 0 Å². The second kappa shape index (κ2) is 17.7. The van der Waals surface area contributed by atoms with Gasteiger partial charge in [0.05, 0.1) is 0 Å². The fourth-order valence-corrected chi connectivity index (χ4v) is 3.36. The highest BCUT2D eigenvalue weighted by Crippen LogP contribution is 2.14. The molecule has 1 fully saturated rings. The second-order valence-corrected chi connectivity index (χ2v) is 7.45. The van der Waals surface area contributed by atoms with Crippen LogP contribution in [0.15, 0.2) is 36.5 Å². The van der Waals surface area contributed by atoms with Crippen molar-refractivity contribution in [2.24, 2.45) is 0 Å². The fourth-order valence-electron chi connectivity index (χ4n) is 3.36. The molecule has 2 aliphatic carbocycles. The lowest BCUT2D eigenvalue weighted by molar-refractivity contribution is -0.119. The Morgan fingerprint density at radius 2 is 0.800 bits per heavy atom. The summed E-state index contributed by atoms with van der Waals surface area (Å²) in [6.07, 6.45) is 34.4. The molecular weight excluding hydrogens is 304 g/mol. The van der Waals surface area contributed by atoms with E-state index in [1.807, 2.05) is 0 Å². The highest BCUT2D eigenvalue weighted by molar-refractivity contribution is 5.78. The number of carbonyl (C=O) groups is 1. The smallest absolute Gasteiger partial charge is 0.132 e. The lowest BCUT2D eigenvalue weighted by Crippen LogP contribution is -1.98. The molecule has 142 valence electrons. The zero-order chi connectivity index (χ0) is 17.8. The van der Waals surface area contributed by atoms with Crippen LogP contribution >= 0.6 is 0 Å². The molecule has 2 aliphatic rings. The van der Waals surface area contributed by atoms with E-state index in [2.05, 4.69) is 36.5 Å². The molecule has 1 nitrogen and oxygen atoms in total. The highest BCUT2D eigenvalue weighted by Gasteiger charge is 2.03. The standard InChI is InChI=1S/C12H22O.C12H18/c13-12-10-8-6-4-2-1-3-5-7-9-11-12;1-2-4-6-8-10-12-11-9-7-5-3-1/h1-11H2;1-6H,7-12H2. The van der Waals surface area contributed by atoms with Crippen LogP contribution in [0.4, 0.5) is 0 Å². The molecule has 0 amide bonds. The van der Waals surface area contributed by atoms with E-state index in [0.29, 0.717) is 5.78 Å². The molecule has 0 heterocycles. The molecule has 0 aromatic rings. The predicted octanol–water partition coefficient (Wildman–Crippen LogP) is 7.87. The van der Waals surface area contributed by atoms with Crippen molar-refractivity contribution in [2.75, 3.05) is 0 Å². The molecule has 0 spiro atoms. The van der Waals surface area contributed by atoms with E-state index < -0.39 is 0 Å². The van der Waals surface area contributed by atoms with Crippen LogP contribution in [0.1, 0.15) is 109 Å². The van der Waals surface area contributed by atoms with Gasteiger partial charge in [0, 0.05) is 12.8 Å². The van der Waals surface area contributed by atoms with Crippen LogP contribution in [-0.4, -0.2) is 5.78 Å². The third-order valence-electron chi connectivity index (χ3n) is 5.01. The Morgan fingerprint density at radius 1 is 0.440 bits per heavy atom. The van der Waals surface area contributed by atoms with Gasteiger partial charge in [-0.1, -0.05) is 94.2 Å². The first-order valence-electron chi connectivity index (χ1n) is 10.9. The number of carbonyl (C=O) groups excluding carboxylic acids is 1. The molecular formula is C24H40O. The van der Waals surface area contributed by atoms with Crippen LogP contribution in [0.2, 0.25) is 0 Å². The largest absolute Gasteiger partial charge is 0.300 e. The quantitative estimate of drug-likeness (QED) is 0.437. The molecule has 0 radical (unpaired) electrons. The molecule has 0 unspecified atom stereocenters. The minimum absolute atomic E-state index is 0.501. The second-order valence-electron chi connectivity index (χ2n) is 7.45. The first-order chi connectivity index (χ1) is 12.4. The van der Waals surface area contributed by atoms with Gasteiger partial charge in [-0.3, -0.25) is 4.79 Å². The summed E-state index contributed by atoms with van der Waals surface area (Å²) in [4.78, 5) is 11.3. The van der Waals surface area contributed by atoms with Gasteiger partial charge in [-0.15, -0.1) is 0 Å².